The molecule has 1 atom stereocenters. The van der Waals surface area contributed by atoms with Gasteiger partial charge < -0.3 is 9.47 Å². The van der Waals surface area contributed by atoms with Crippen LogP contribution in [0.15, 0.2) is 42.5 Å². The molecular weight excluding hydrogens is 256 g/mol. The number of rotatable bonds is 6. The Labute approximate surface area is 119 Å². The Balaban J connectivity index is 3.20. The summed E-state index contributed by atoms with van der Waals surface area (Å²) in [5, 5.41) is 0. The van der Waals surface area contributed by atoms with Gasteiger partial charge in [-0.1, -0.05) is 43.3 Å². The maximum atomic E-state index is 12.2. The molecule has 20 heavy (non-hydrogen) atoms. The molecule has 0 aliphatic rings. The molecule has 1 aromatic carbocycles. The second kappa shape index (κ2) is 7.48. The fourth-order valence-electron chi connectivity index (χ4n) is 2.07. The number of esters is 2. The van der Waals surface area contributed by atoms with Gasteiger partial charge in [0.1, 0.15) is 5.41 Å². The predicted molar refractivity (Wildman–Crippen MR) is 76.2 cm³/mol. The molecule has 0 unspecified atom stereocenters. The molecule has 4 heteroatoms. The predicted octanol–water partition coefficient (Wildman–Crippen LogP) is 2.63. The summed E-state index contributed by atoms with van der Waals surface area (Å²) in [6.07, 6.45) is 3.34. The Kier molecular flexibility index (Phi) is 5.97. The molecule has 0 spiro atoms. The summed E-state index contributed by atoms with van der Waals surface area (Å²) in [6.45, 7) is 3.90. The summed E-state index contributed by atoms with van der Waals surface area (Å²) < 4.78 is 9.76. The van der Waals surface area contributed by atoms with E-state index in [9.17, 15) is 9.59 Å². The normalized spacial score (nSPS) is 13.8. The fraction of sp³-hybridized carbons (Fsp3) is 0.375. The van der Waals surface area contributed by atoms with Crippen LogP contribution in [0.2, 0.25) is 0 Å². The number of hydrogen-bond donors (Lipinski definition) is 0. The lowest BCUT2D eigenvalue weighted by atomic mass is 9.77. The van der Waals surface area contributed by atoms with Crippen molar-refractivity contribution in [2.75, 3.05) is 13.7 Å². The van der Waals surface area contributed by atoms with Crippen LogP contribution in [0.3, 0.4) is 0 Å². The van der Waals surface area contributed by atoms with Crippen molar-refractivity contribution in [3.8, 4) is 0 Å². The first kappa shape index (κ1) is 16.0. The van der Waals surface area contributed by atoms with Crippen LogP contribution in [0.1, 0.15) is 25.8 Å². The molecule has 0 heterocycles. The highest BCUT2D eigenvalue weighted by Crippen LogP contribution is 2.31. The minimum atomic E-state index is -0.969. The van der Waals surface area contributed by atoms with Gasteiger partial charge >= 0.3 is 11.9 Å². The van der Waals surface area contributed by atoms with Gasteiger partial charge in [-0.2, -0.15) is 0 Å². The van der Waals surface area contributed by atoms with E-state index in [0.29, 0.717) is 13.0 Å². The Morgan fingerprint density at radius 2 is 1.85 bits per heavy atom. The van der Waals surface area contributed by atoms with Crippen molar-refractivity contribution in [1.82, 2.24) is 0 Å². The van der Waals surface area contributed by atoms with Crippen molar-refractivity contribution < 1.29 is 19.1 Å². The minimum absolute atomic E-state index is 0.297. The Bertz CT molecular complexity index is 479. The summed E-state index contributed by atoms with van der Waals surface area (Å²) >= 11 is 0. The molecule has 0 N–H and O–H groups in total. The van der Waals surface area contributed by atoms with Gasteiger partial charge in [0, 0.05) is 6.08 Å². The fourth-order valence-corrected chi connectivity index (χ4v) is 2.07. The highest BCUT2D eigenvalue weighted by atomic mass is 16.5. The molecule has 0 bridgehead atoms. The number of carbonyl (C=O) groups excluding carboxylic acids is 2. The van der Waals surface area contributed by atoms with Gasteiger partial charge in [-0.05, 0) is 18.9 Å². The topological polar surface area (TPSA) is 52.6 Å². The van der Waals surface area contributed by atoms with Gasteiger partial charge in [-0.25, -0.2) is 4.79 Å². The maximum Gasteiger partial charge on any atom is 0.330 e. The van der Waals surface area contributed by atoms with Crippen molar-refractivity contribution in [3.63, 3.8) is 0 Å². The molecule has 0 amide bonds. The van der Waals surface area contributed by atoms with Gasteiger partial charge in [0.2, 0.25) is 0 Å². The van der Waals surface area contributed by atoms with Crippen molar-refractivity contribution >= 4 is 11.9 Å². The molecule has 0 radical (unpaired) electrons. The van der Waals surface area contributed by atoms with E-state index in [1.807, 2.05) is 37.3 Å². The van der Waals surface area contributed by atoms with Gasteiger partial charge in [0.25, 0.3) is 0 Å². The Hall–Kier alpha value is -2.10. The summed E-state index contributed by atoms with van der Waals surface area (Å²) in [5.74, 6) is -0.864. The average molecular weight is 276 g/mol. The molecule has 0 saturated carbocycles. The van der Waals surface area contributed by atoms with Crippen LogP contribution in [0.4, 0.5) is 0 Å². The molecule has 0 fully saturated rings. The highest BCUT2D eigenvalue weighted by molar-refractivity contribution is 5.89. The molecule has 0 aromatic heterocycles. The molecular formula is C16H20O4. The summed E-state index contributed by atoms with van der Waals surface area (Å²) in [7, 11) is 1.34. The van der Waals surface area contributed by atoms with Crippen molar-refractivity contribution in [2.24, 2.45) is 0 Å². The molecule has 4 nitrogen and oxygen atoms in total. The van der Waals surface area contributed by atoms with Crippen molar-refractivity contribution in [3.05, 3.63) is 48.0 Å². The zero-order chi connectivity index (χ0) is 15.0. The van der Waals surface area contributed by atoms with Crippen LogP contribution in [0.5, 0.6) is 0 Å². The molecule has 0 aliphatic carbocycles. The van der Waals surface area contributed by atoms with E-state index >= 15 is 0 Å². The summed E-state index contributed by atoms with van der Waals surface area (Å²) in [6, 6.07) is 9.25. The second-order valence-corrected chi connectivity index (χ2v) is 4.27. The molecule has 1 aromatic rings. The third-order valence-electron chi connectivity index (χ3n) is 3.19. The zero-order valence-corrected chi connectivity index (χ0v) is 12.1. The van der Waals surface area contributed by atoms with E-state index in [1.54, 1.807) is 13.0 Å². The number of hydrogen-bond acceptors (Lipinski definition) is 4. The summed E-state index contributed by atoms with van der Waals surface area (Å²) in [5.41, 5.74) is -0.183. The van der Waals surface area contributed by atoms with Crippen LogP contribution in [0, 0.1) is 0 Å². The van der Waals surface area contributed by atoms with Crippen LogP contribution in [-0.2, 0) is 24.5 Å². The van der Waals surface area contributed by atoms with E-state index < -0.39 is 17.4 Å². The minimum Gasteiger partial charge on any atom is -0.468 e. The highest BCUT2D eigenvalue weighted by Gasteiger charge is 2.37. The molecule has 1 rings (SSSR count). The Morgan fingerprint density at radius 3 is 2.35 bits per heavy atom. The quantitative estimate of drug-likeness (QED) is 0.592. The Morgan fingerprint density at radius 1 is 1.20 bits per heavy atom. The monoisotopic (exact) mass is 276 g/mol. The molecule has 0 saturated heterocycles. The number of ether oxygens (including phenoxy) is 2. The summed E-state index contributed by atoms with van der Waals surface area (Å²) in [4.78, 5) is 23.7. The standard InChI is InChI=1S/C16H20O4/c1-4-16(15(18)19-3,12-11-14(17)20-5-2)13-9-7-6-8-10-13/h6-12H,4-5H2,1-3H3/b12-11+/t16-/m0/s1. The molecule has 108 valence electrons. The lowest BCUT2D eigenvalue weighted by Crippen LogP contribution is -2.34. The van der Waals surface area contributed by atoms with Gasteiger partial charge in [0.05, 0.1) is 13.7 Å². The third kappa shape index (κ3) is 3.47. The first-order valence-electron chi connectivity index (χ1n) is 6.60. The first-order chi connectivity index (χ1) is 9.60. The van der Waals surface area contributed by atoms with E-state index in [1.165, 1.54) is 13.2 Å². The van der Waals surface area contributed by atoms with Crippen LogP contribution < -0.4 is 0 Å². The third-order valence-corrected chi connectivity index (χ3v) is 3.19. The number of methoxy groups -OCH3 is 1. The van der Waals surface area contributed by atoms with Gasteiger partial charge in [0.15, 0.2) is 0 Å². The molecule has 0 aliphatic heterocycles. The smallest absolute Gasteiger partial charge is 0.330 e. The SMILES string of the molecule is CCOC(=O)/C=C/[C@](CC)(C(=O)OC)c1ccccc1. The maximum absolute atomic E-state index is 12.2. The van der Waals surface area contributed by atoms with E-state index in [4.69, 9.17) is 9.47 Å². The van der Waals surface area contributed by atoms with E-state index in [-0.39, 0.29) is 0 Å². The van der Waals surface area contributed by atoms with Crippen molar-refractivity contribution in [2.45, 2.75) is 25.7 Å². The van der Waals surface area contributed by atoms with Crippen LogP contribution in [-0.4, -0.2) is 25.7 Å². The second-order valence-electron chi connectivity index (χ2n) is 4.27. The van der Waals surface area contributed by atoms with Crippen LogP contribution in [0.25, 0.3) is 0 Å². The number of benzene rings is 1. The van der Waals surface area contributed by atoms with Crippen molar-refractivity contribution in [1.29, 1.82) is 0 Å². The van der Waals surface area contributed by atoms with Gasteiger partial charge in [-0.3, -0.25) is 4.79 Å². The lowest BCUT2D eigenvalue weighted by Gasteiger charge is -2.26. The number of carbonyl (C=O) groups is 2. The average Bonchev–Trinajstić information content (AvgIpc) is 2.49. The largest absolute Gasteiger partial charge is 0.468 e. The van der Waals surface area contributed by atoms with Crippen LogP contribution >= 0.6 is 0 Å². The van der Waals surface area contributed by atoms with E-state index in [0.717, 1.165) is 5.56 Å². The first-order valence-corrected chi connectivity index (χ1v) is 6.60. The lowest BCUT2D eigenvalue weighted by molar-refractivity contribution is -0.145. The van der Waals surface area contributed by atoms with Gasteiger partial charge in [-0.15, -0.1) is 0 Å². The zero-order valence-electron chi connectivity index (χ0n) is 12.1. The van der Waals surface area contributed by atoms with E-state index in [2.05, 4.69) is 0 Å².